The minimum Gasteiger partial charge on any atom is -0.457 e. The summed E-state index contributed by atoms with van der Waals surface area (Å²) in [7, 11) is 0. The van der Waals surface area contributed by atoms with Crippen LogP contribution in [-0.2, 0) is 17.8 Å². The van der Waals surface area contributed by atoms with E-state index in [9.17, 15) is 4.79 Å². The lowest BCUT2D eigenvalue weighted by molar-refractivity contribution is -0.134. The summed E-state index contributed by atoms with van der Waals surface area (Å²) >= 11 is 0. The average Bonchev–Trinajstić information content (AvgIpc) is 3.65. The zero-order valence-electron chi connectivity index (χ0n) is 21.5. The predicted octanol–water partition coefficient (Wildman–Crippen LogP) is 4.22. The molecule has 6 rings (SSSR count). The second-order valence-electron chi connectivity index (χ2n) is 9.79. The van der Waals surface area contributed by atoms with Crippen LogP contribution in [0.15, 0.2) is 90.0 Å². The van der Waals surface area contributed by atoms with Gasteiger partial charge in [-0.2, -0.15) is 0 Å². The van der Waals surface area contributed by atoms with Crippen LogP contribution in [0.1, 0.15) is 11.1 Å². The second kappa shape index (κ2) is 11.1. The van der Waals surface area contributed by atoms with E-state index in [0.29, 0.717) is 36.7 Å². The number of amides is 1. The molecule has 5 aromatic rings. The van der Waals surface area contributed by atoms with Gasteiger partial charge in [0.25, 0.3) is 0 Å². The number of carbonyl (C=O) groups excluding carboxylic acids is 1. The first-order valence-corrected chi connectivity index (χ1v) is 13.1. The van der Waals surface area contributed by atoms with E-state index in [-0.39, 0.29) is 5.91 Å². The van der Waals surface area contributed by atoms with Crippen LogP contribution in [0.3, 0.4) is 0 Å². The summed E-state index contributed by atoms with van der Waals surface area (Å²) in [5, 5.41) is 4.65. The molecule has 1 unspecified atom stereocenters. The summed E-state index contributed by atoms with van der Waals surface area (Å²) in [6.07, 6.45) is 7.28. The van der Waals surface area contributed by atoms with Crippen molar-refractivity contribution in [2.24, 2.45) is 5.73 Å². The van der Waals surface area contributed by atoms with Crippen molar-refractivity contribution in [1.29, 1.82) is 0 Å². The van der Waals surface area contributed by atoms with Crippen molar-refractivity contribution < 1.29 is 14.1 Å². The Morgan fingerprint density at radius 2 is 1.82 bits per heavy atom. The standard InChI is InChI=1S/C30H30N6O3/c31-26(30(37)36-14-12-35(13-15-36)19-22-4-2-1-3-5-22)16-21-6-8-24(9-7-21)39-27-10-11-32-29-28(27)25(18-33-29)23-17-34-38-20-23/h1-11,17-18,20,26H,12-16,19,31H2,(H,32,33). The Balaban J connectivity index is 1.06. The number of rotatable bonds is 8. The van der Waals surface area contributed by atoms with Gasteiger partial charge in [-0.1, -0.05) is 47.6 Å². The molecule has 1 aliphatic heterocycles. The Morgan fingerprint density at radius 1 is 1.03 bits per heavy atom. The van der Waals surface area contributed by atoms with Crippen LogP contribution in [0.2, 0.25) is 0 Å². The number of hydrogen-bond acceptors (Lipinski definition) is 7. The normalized spacial score (nSPS) is 14.9. The van der Waals surface area contributed by atoms with Crippen LogP contribution < -0.4 is 10.5 Å². The van der Waals surface area contributed by atoms with E-state index >= 15 is 0 Å². The van der Waals surface area contributed by atoms with Crippen molar-refractivity contribution in [3.05, 3.63) is 96.6 Å². The molecule has 1 fully saturated rings. The first kappa shape index (κ1) is 24.8. The lowest BCUT2D eigenvalue weighted by Crippen LogP contribution is -2.53. The Morgan fingerprint density at radius 3 is 2.56 bits per heavy atom. The minimum absolute atomic E-state index is 0.00240. The molecule has 9 heteroatoms. The molecular weight excluding hydrogens is 492 g/mol. The third-order valence-corrected chi connectivity index (χ3v) is 7.14. The third-order valence-electron chi connectivity index (χ3n) is 7.14. The maximum Gasteiger partial charge on any atom is 0.239 e. The highest BCUT2D eigenvalue weighted by atomic mass is 16.5. The fourth-order valence-electron chi connectivity index (χ4n) is 5.04. The molecule has 9 nitrogen and oxygen atoms in total. The first-order valence-electron chi connectivity index (χ1n) is 13.1. The molecule has 0 aliphatic carbocycles. The van der Waals surface area contributed by atoms with Crippen molar-refractivity contribution >= 4 is 16.9 Å². The number of fused-ring (bicyclic) bond motifs is 1. The third kappa shape index (κ3) is 5.55. The highest BCUT2D eigenvalue weighted by Crippen LogP contribution is 2.36. The van der Waals surface area contributed by atoms with Gasteiger partial charge in [0.2, 0.25) is 5.91 Å². The number of benzene rings is 2. The minimum atomic E-state index is -0.580. The Hall–Kier alpha value is -4.47. The quantitative estimate of drug-likeness (QED) is 0.314. The zero-order chi connectivity index (χ0) is 26.6. The average molecular weight is 523 g/mol. The van der Waals surface area contributed by atoms with Gasteiger partial charge in [0.15, 0.2) is 0 Å². The highest BCUT2D eigenvalue weighted by molar-refractivity contribution is 5.97. The molecule has 3 N–H and O–H groups in total. The largest absolute Gasteiger partial charge is 0.457 e. The van der Waals surface area contributed by atoms with E-state index in [4.69, 9.17) is 15.0 Å². The molecule has 4 heterocycles. The van der Waals surface area contributed by atoms with Crippen molar-refractivity contribution in [1.82, 2.24) is 24.9 Å². The predicted molar refractivity (Wildman–Crippen MR) is 148 cm³/mol. The summed E-state index contributed by atoms with van der Waals surface area (Å²) in [6, 6.07) is 19.4. The summed E-state index contributed by atoms with van der Waals surface area (Å²) in [6.45, 7) is 3.99. The van der Waals surface area contributed by atoms with Crippen LogP contribution in [0.5, 0.6) is 11.5 Å². The van der Waals surface area contributed by atoms with Crippen LogP contribution in [0.4, 0.5) is 0 Å². The summed E-state index contributed by atoms with van der Waals surface area (Å²) in [5.41, 5.74) is 11.1. The highest BCUT2D eigenvalue weighted by Gasteiger charge is 2.25. The zero-order valence-corrected chi connectivity index (χ0v) is 21.5. The lowest BCUT2D eigenvalue weighted by Gasteiger charge is -2.36. The van der Waals surface area contributed by atoms with Gasteiger partial charge in [0.1, 0.15) is 23.4 Å². The number of nitrogens with zero attached hydrogens (tertiary/aromatic N) is 4. The van der Waals surface area contributed by atoms with Gasteiger partial charge in [0, 0.05) is 56.2 Å². The van der Waals surface area contributed by atoms with E-state index in [2.05, 4.69) is 44.3 Å². The van der Waals surface area contributed by atoms with E-state index < -0.39 is 6.04 Å². The van der Waals surface area contributed by atoms with Crippen LogP contribution in [-0.4, -0.2) is 63.1 Å². The SMILES string of the molecule is NC(Cc1ccc(Oc2ccnc3[nH]cc(-c4cnoc4)c23)cc1)C(=O)N1CCN(Cc2ccccc2)CC1. The van der Waals surface area contributed by atoms with Gasteiger partial charge in [0.05, 0.1) is 17.6 Å². The number of ether oxygens (including phenoxy) is 1. The molecule has 3 aromatic heterocycles. The van der Waals surface area contributed by atoms with Gasteiger partial charge >= 0.3 is 0 Å². The molecule has 1 atom stereocenters. The number of nitrogens with one attached hydrogen (secondary N) is 1. The van der Waals surface area contributed by atoms with Gasteiger partial charge in [-0.3, -0.25) is 9.69 Å². The summed E-state index contributed by atoms with van der Waals surface area (Å²) in [5.74, 6) is 1.35. The van der Waals surface area contributed by atoms with Gasteiger partial charge < -0.3 is 24.9 Å². The van der Waals surface area contributed by atoms with Crippen LogP contribution in [0, 0.1) is 0 Å². The topological polar surface area (TPSA) is 114 Å². The number of pyridine rings is 1. The molecule has 0 saturated carbocycles. The smallest absolute Gasteiger partial charge is 0.239 e. The molecule has 1 amide bonds. The Labute approximate surface area is 226 Å². The first-order chi connectivity index (χ1) is 19.1. The number of aromatic amines is 1. The van der Waals surface area contributed by atoms with Crippen molar-refractivity contribution in [3.8, 4) is 22.6 Å². The number of H-pyrrole nitrogens is 1. The van der Waals surface area contributed by atoms with E-state index in [1.165, 1.54) is 5.56 Å². The molecule has 0 bridgehead atoms. The summed E-state index contributed by atoms with van der Waals surface area (Å²) in [4.78, 5) is 24.9. The molecule has 0 spiro atoms. The fourth-order valence-corrected chi connectivity index (χ4v) is 5.04. The molecule has 2 aromatic carbocycles. The molecule has 1 saturated heterocycles. The van der Waals surface area contributed by atoms with E-state index in [1.807, 2.05) is 47.5 Å². The number of carbonyl (C=O) groups is 1. The molecule has 39 heavy (non-hydrogen) atoms. The monoisotopic (exact) mass is 522 g/mol. The van der Waals surface area contributed by atoms with Gasteiger partial charge in [-0.05, 0) is 35.7 Å². The van der Waals surface area contributed by atoms with E-state index in [0.717, 1.165) is 41.7 Å². The van der Waals surface area contributed by atoms with Crippen LogP contribution >= 0.6 is 0 Å². The number of aromatic nitrogens is 3. The van der Waals surface area contributed by atoms with Gasteiger partial charge in [-0.25, -0.2) is 4.98 Å². The number of hydrogen-bond donors (Lipinski definition) is 2. The second-order valence-corrected chi connectivity index (χ2v) is 9.79. The number of piperazine rings is 1. The molecule has 0 radical (unpaired) electrons. The van der Waals surface area contributed by atoms with Crippen LogP contribution in [0.25, 0.3) is 22.2 Å². The lowest BCUT2D eigenvalue weighted by atomic mass is 10.0. The molecular formula is C30H30N6O3. The Kier molecular flexibility index (Phi) is 7.07. The number of nitrogens with two attached hydrogens (primary N) is 1. The maximum absolute atomic E-state index is 13.0. The summed E-state index contributed by atoms with van der Waals surface area (Å²) < 4.78 is 11.2. The van der Waals surface area contributed by atoms with Crippen molar-refractivity contribution in [3.63, 3.8) is 0 Å². The van der Waals surface area contributed by atoms with Crippen molar-refractivity contribution in [2.75, 3.05) is 26.2 Å². The van der Waals surface area contributed by atoms with E-state index in [1.54, 1.807) is 18.7 Å². The Bertz CT molecular complexity index is 1520. The molecule has 1 aliphatic rings. The van der Waals surface area contributed by atoms with Crippen molar-refractivity contribution in [2.45, 2.75) is 19.0 Å². The van der Waals surface area contributed by atoms with Gasteiger partial charge in [-0.15, -0.1) is 0 Å². The fraction of sp³-hybridized carbons (Fsp3) is 0.233. The molecule has 198 valence electrons. The maximum atomic E-state index is 13.0.